The third-order valence-electron chi connectivity index (χ3n) is 3.71. The van der Waals surface area contributed by atoms with Gasteiger partial charge >= 0.3 is 5.97 Å². The van der Waals surface area contributed by atoms with Crippen molar-refractivity contribution in [3.05, 3.63) is 71.9 Å². The molecule has 2 aromatic carbocycles. The van der Waals surface area contributed by atoms with E-state index in [2.05, 4.69) is 22.4 Å². The molecule has 0 atom stereocenters. The van der Waals surface area contributed by atoms with E-state index in [-0.39, 0.29) is 5.69 Å². The largest absolute Gasteiger partial charge is 0.461 e. The molecule has 0 saturated heterocycles. The van der Waals surface area contributed by atoms with Gasteiger partial charge in [-0.15, -0.1) is 5.10 Å². The van der Waals surface area contributed by atoms with Gasteiger partial charge in [0.15, 0.2) is 5.69 Å². The van der Waals surface area contributed by atoms with Crippen molar-refractivity contribution >= 4 is 5.97 Å². The Balaban J connectivity index is 1.92. The molecule has 0 amide bonds. The summed E-state index contributed by atoms with van der Waals surface area (Å²) in [7, 11) is 0. The number of ether oxygens (including phenoxy) is 1. The van der Waals surface area contributed by atoms with E-state index in [0.717, 1.165) is 12.0 Å². The average molecular weight is 321 g/mol. The van der Waals surface area contributed by atoms with E-state index in [1.54, 1.807) is 11.6 Å². The maximum atomic E-state index is 12.2. The van der Waals surface area contributed by atoms with Crippen molar-refractivity contribution in [3.8, 4) is 11.3 Å². The predicted molar refractivity (Wildman–Crippen MR) is 91.6 cm³/mol. The first-order valence-electron chi connectivity index (χ1n) is 7.99. The molecule has 0 aliphatic carbocycles. The summed E-state index contributed by atoms with van der Waals surface area (Å²) < 4.78 is 6.88. The van der Waals surface area contributed by atoms with E-state index in [9.17, 15) is 4.79 Å². The number of nitrogens with zero attached hydrogens (tertiary/aromatic N) is 3. The number of carbonyl (C=O) groups excluding carboxylic acids is 1. The normalized spacial score (nSPS) is 10.5. The van der Waals surface area contributed by atoms with Crippen LogP contribution in [-0.2, 0) is 17.7 Å². The summed E-state index contributed by atoms with van der Waals surface area (Å²) in [5, 5.41) is 8.24. The van der Waals surface area contributed by atoms with E-state index in [4.69, 9.17) is 4.74 Å². The fourth-order valence-corrected chi connectivity index (χ4v) is 2.57. The predicted octanol–water partition coefficient (Wildman–Crippen LogP) is 3.36. The lowest BCUT2D eigenvalue weighted by molar-refractivity contribution is 0.0520. The molecule has 5 heteroatoms. The van der Waals surface area contributed by atoms with Gasteiger partial charge in [0.05, 0.1) is 6.61 Å². The Morgan fingerprint density at radius 2 is 1.71 bits per heavy atom. The minimum absolute atomic E-state index is 0.260. The highest BCUT2D eigenvalue weighted by Crippen LogP contribution is 2.23. The lowest BCUT2D eigenvalue weighted by Crippen LogP contribution is -2.09. The second-order valence-corrected chi connectivity index (χ2v) is 5.33. The zero-order valence-corrected chi connectivity index (χ0v) is 13.6. The van der Waals surface area contributed by atoms with Crippen LogP contribution in [0.1, 0.15) is 23.0 Å². The number of esters is 1. The maximum Gasteiger partial charge on any atom is 0.361 e. The minimum Gasteiger partial charge on any atom is -0.461 e. The van der Waals surface area contributed by atoms with Gasteiger partial charge in [0.2, 0.25) is 0 Å². The molecule has 0 radical (unpaired) electrons. The van der Waals surface area contributed by atoms with Crippen LogP contribution in [0.3, 0.4) is 0 Å². The van der Waals surface area contributed by atoms with Crippen LogP contribution < -0.4 is 0 Å². The zero-order valence-electron chi connectivity index (χ0n) is 13.6. The van der Waals surface area contributed by atoms with E-state index in [0.29, 0.717) is 18.8 Å². The first-order chi connectivity index (χ1) is 11.8. The summed E-state index contributed by atoms with van der Waals surface area (Å²) in [6.07, 6.45) is 0.812. The van der Waals surface area contributed by atoms with Gasteiger partial charge in [0.25, 0.3) is 0 Å². The lowest BCUT2D eigenvalue weighted by atomic mass is 10.1. The second kappa shape index (κ2) is 7.55. The highest BCUT2D eigenvalue weighted by atomic mass is 16.5. The van der Waals surface area contributed by atoms with Crippen molar-refractivity contribution in [2.45, 2.75) is 19.9 Å². The summed E-state index contributed by atoms with van der Waals surface area (Å²) in [6, 6.07) is 19.9. The van der Waals surface area contributed by atoms with Crippen molar-refractivity contribution in [1.29, 1.82) is 0 Å². The van der Waals surface area contributed by atoms with Gasteiger partial charge in [-0.25, -0.2) is 9.48 Å². The SMILES string of the molecule is CCOC(=O)c1nnn(CCc2ccccc2)c1-c1ccccc1. The molecule has 3 aromatic rings. The molecule has 0 N–H and O–H groups in total. The van der Waals surface area contributed by atoms with Gasteiger partial charge < -0.3 is 4.74 Å². The van der Waals surface area contributed by atoms with Crippen molar-refractivity contribution in [1.82, 2.24) is 15.0 Å². The monoisotopic (exact) mass is 321 g/mol. The third kappa shape index (κ3) is 3.51. The molecular formula is C19H19N3O2. The first kappa shape index (κ1) is 15.9. The third-order valence-corrected chi connectivity index (χ3v) is 3.71. The summed E-state index contributed by atoms with van der Waals surface area (Å²) in [5.74, 6) is -0.442. The van der Waals surface area contributed by atoms with Crippen LogP contribution in [0.4, 0.5) is 0 Å². The molecule has 0 spiro atoms. The Kier molecular flexibility index (Phi) is 5.01. The molecule has 0 saturated carbocycles. The summed E-state index contributed by atoms with van der Waals surface area (Å²) in [5.41, 5.74) is 3.07. The van der Waals surface area contributed by atoms with Crippen LogP contribution in [0.15, 0.2) is 60.7 Å². The van der Waals surface area contributed by atoms with Crippen molar-refractivity contribution < 1.29 is 9.53 Å². The number of hydrogen-bond donors (Lipinski definition) is 0. The van der Waals surface area contributed by atoms with Gasteiger partial charge in [-0.3, -0.25) is 0 Å². The molecule has 0 fully saturated rings. The minimum atomic E-state index is -0.442. The molecule has 5 nitrogen and oxygen atoms in total. The lowest BCUT2D eigenvalue weighted by Gasteiger charge is -2.08. The Labute approximate surface area is 140 Å². The quantitative estimate of drug-likeness (QED) is 0.653. The van der Waals surface area contributed by atoms with Crippen LogP contribution in [-0.4, -0.2) is 27.6 Å². The van der Waals surface area contributed by atoms with Crippen LogP contribution in [0.5, 0.6) is 0 Å². The standard InChI is InChI=1S/C19H19N3O2/c1-2-24-19(23)17-18(16-11-7-4-8-12-16)22(21-20-17)14-13-15-9-5-3-6-10-15/h3-12H,2,13-14H2,1H3. The topological polar surface area (TPSA) is 57.0 Å². The van der Waals surface area contributed by atoms with Gasteiger partial charge in [0.1, 0.15) is 5.69 Å². The van der Waals surface area contributed by atoms with Gasteiger partial charge in [-0.2, -0.15) is 0 Å². The van der Waals surface area contributed by atoms with Gasteiger partial charge in [-0.1, -0.05) is 65.9 Å². The number of hydrogen-bond acceptors (Lipinski definition) is 4. The van der Waals surface area contributed by atoms with Crippen molar-refractivity contribution in [3.63, 3.8) is 0 Å². The highest BCUT2D eigenvalue weighted by molar-refractivity contribution is 5.94. The van der Waals surface area contributed by atoms with Crippen LogP contribution >= 0.6 is 0 Å². The molecule has 1 heterocycles. The number of carbonyl (C=O) groups is 1. The second-order valence-electron chi connectivity index (χ2n) is 5.33. The Morgan fingerprint density at radius 3 is 2.38 bits per heavy atom. The molecule has 0 aliphatic heterocycles. The fourth-order valence-electron chi connectivity index (χ4n) is 2.57. The maximum absolute atomic E-state index is 12.2. The number of benzene rings is 2. The molecule has 0 bridgehead atoms. The van der Waals surface area contributed by atoms with Crippen molar-refractivity contribution in [2.24, 2.45) is 0 Å². The van der Waals surface area contributed by atoms with Crippen LogP contribution in [0.2, 0.25) is 0 Å². The van der Waals surface area contributed by atoms with Crippen LogP contribution in [0, 0.1) is 0 Å². The Hall–Kier alpha value is -2.95. The molecule has 24 heavy (non-hydrogen) atoms. The van der Waals surface area contributed by atoms with E-state index >= 15 is 0 Å². The number of rotatable bonds is 6. The number of aryl methyl sites for hydroxylation is 2. The smallest absolute Gasteiger partial charge is 0.361 e. The highest BCUT2D eigenvalue weighted by Gasteiger charge is 2.22. The number of aromatic nitrogens is 3. The van der Waals surface area contributed by atoms with E-state index in [1.807, 2.05) is 48.5 Å². The molecule has 1 aromatic heterocycles. The Bertz CT molecular complexity index is 798. The fraction of sp³-hybridized carbons (Fsp3) is 0.211. The van der Waals surface area contributed by atoms with Gasteiger partial charge in [-0.05, 0) is 18.9 Å². The molecule has 0 unspecified atom stereocenters. The molecular weight excluding hydrogens is 302 g/mol. The van der Waals surface area contributed by atoms with Gasteiger partial charge in [0, 0.05) is 12.1 Å². The Morgan fingerprint density at radius 1 is 1.04 bits per heavy atom. The van der Waals surface area contributed by atoms with E-state index < -0.39 is 5.97 Å². The summed E-state index contributed by atoms with van der Waals surface area (Å²) in [6.45, 7) is 2.73. The van der Waals surface area contributed by atoms with Crippen molar-refractivity contribution in [2.75, 3.05) is 6.61 Å². The summed E-state index contributed by atoms with van der Waals surface area (Å²) >= 11 is 0. The molecule has 0 aliphatic rings. The zero-order chi connectivity index (χ0) is 16.8. The summed E-state index contributed by atoms with van der Waals surface area (Å²) in [4.78, 5) is 12.2. The molecule has 3 rings (SSSR count). The van der Waals surface area contributed by atoms with Crippen LogP contribution in [0.25, 0.3) is 11.3 Å². The first-order valence-corrected chi connectivity index (χ1v) is 7.99. The molecule has 122 valence electrons. The van der Waals surface area contributed by atoms with E-state index in [1.165, 1.54) is 5.56 Å². The average Bonchev–Trinajstić information content (AvgIpc) is 3.06.